The highest BCUT2D eigenvalue weighted by Crippen LogP contribution is 2.47. The third-order valence-corrected chi connectivity index (χ3v) is 6.57. The first kappa shape index (κ1) is 18.2. The third-order valence-electron chi connectivity index (χ3n) is 5.33. The summed E-state index contributed by atoms with van der Waals surface area (Å²) in [7, 11) is 4.02. The van der Waals surface area contributed by atoms with Gasteiger partial charge in [0.05, 0.1) is 11.1 Å². The van der Waals surface area contributed by atoms with Crippen molar-refractivity contribution in [3.05, 3.63) is 52.5 Å². The van der Waals surface area contributed by atoms with Crippen LogP contribution in [0.15, 0.2) is 33.7 Å². The molecule has 0 unspecified atom stereocenters. The van der Waals surface area contributed by atoms with Crippen molar-refractivity contribution >= 4 is 28.4 Å². The van der Waals surface area contributed by atoms with Gasteiger partial charge >= 0.3 is 0 Å². The highest BCUT2D eigenvalue weighted by molar-refractivity contribution is 8.14. The van der Waals surface area contributed by atoms with Crippen LogP contribution >= 0.6 is 11.8 Å². The van der Waals surface area contributed by atoms with Crippen LogP contribution in [0.1, 0.15) is 52.4 Å². The van der Waals surface area contributed by atoms with Crippen LogP contribution in [0, 0.1) is 6.92 Å². The molecule has 1 aliphatic heterocycles. The number of nitrogens with one attached hydrogen (secondary N) is 1. The molecule has 0 saturated carbocycles. The minimum atomic E-state index is -0.151. The van der Waals surface area contributed by atoms with Gasteiger partial charge in [0.1, 0.15) is 5.76 Å². The first-order chi connectivity index (χ1) is 12.9. The Kier molecular flexibility index (Phi) is 4.76. The SMILES string of the molecule is CC1=N[C@@H]2c3c(oc(C(=O)NCc4ccc(N(C)C)cc4)c3C)CC[C@@H]2S1. The van der Waals surface area contributed by atoms with Gasteiger partial charge < -0.3 is 14.6 Å². The number of benzene rings is 1. The first-order valence-electron chi connectivity index (χ1n) is 9.31. The number of fused-ring (bicyclic) bond motifs is 3. The van der Waals surface area contributed by atoms with E-state index in [2.05, 4.69) is 29.3 Å². The third kappa shape index (κ3) is 3.38. The Labute approximate surface area is 164 Å². The van der Waals surface area contributed by atoms with Crippen LogP contribution in [0.5, 0.6) is 0 Å². The molecule has 6 heteroatoms. The molecule has 4 rings (SSSR count). The minimum absolute atomic E-state index is 0.141. The highest BCUT2D eigenvalue weighted by Gasteiger charge is 2.39. The van der Waals surface area contributed by atoms with Crippen LogP contribution in [0.2, 0.25) is 0 Å². The normalized spacial score (nSPS) is 20.7. The molecule has 2 aliphatic rings. The van der Waals surface area contributed by atoms with Crippen molar-refractivity contribution in [2.75, 3.05) is 19.0 Å². The van der Waals surface area contributed by atoms with E-state index in [9.17, 15) is 4.79 Å². The van der Waals surface area contributed by atoms with Gasteiger partial charge in [0.15, 0.2) is 5.76 Å². The zero-order valence-electron chi connectivity index (χ0n) is 16.2. The van der Waals surface area contributed by atoms with E-state index in [4.69, 9.17) is 9.41 Å². The summed E-state index contributed by atoms with van der Waals surface area (Å²) in [5.41, 5.74) is 4.28. The molecule has 5 nitrogen and oxygen atoms in total. The van der Waals surface area contributed by atoms with E-state index in [0.29, 0.717) is 17.6 Å². The molecule has 142 valence electrons. The lowest BCUT2D eigenvalue weighted by molar-refractivity contribution is 0.0920. The van der Waals surface area contributed by atoms with Gasteiger partial charge in [0.2, 0.25) is 0 Å². The van der Waals surface area contributed by atoms with Crippen LogP contribution < -0.4 is 10.2 Å². The molecule has 1 N–H and O–H groups in total. The van der Waals surface area contributed by atoms with E-state index in [0.717, 1.165) is 46.0 Å². The molecule has 2 heterocycles. The highest BCUT2D eigenvalue weighted by atomic mass is 32.2. The zero-order chi connectivity index (χ0) is 19.1. The number of carbonyl (C=O) groups excluding carboxylic acids is 1. The number of furan rings is 1. The molecule has 0 radical (unpaired) electrons. The van der Waals surface area contributed by atoms with Gasteiger partial charge in [-0.3, -0.25) is 9.79 Å². The Morgan fingerprint density at radius 1 is 1.30 bits per heavy atom. The van der Waals surface area contributed by atoms with Crippen molar-refractivity contribution in [1.82, 2.24) is 5.32 Å². The smallest absolute Gasteiger partial charge is 0.287 e. The van der Waals surface area contributed by atoms with Crippen molar-refractivity contribution in [3.8, 4) is 0 Å². The lowest BCUT2D eigenvalue weighted by atomic mass is 9.90. The van der Waals surface area contributed by atoms with Gasteiger partial charge in [-0.25, -0.2) is 0 Å². The number of anilines is 1. The summed E-state index contributed by atoms with van der Waals surface area (Å²) < 4.78 is 5.98. The summed E-state index contributed by atoms with van der Waals surface area (Å²) in [6.07, 6.45) is 1.93. The molecular formula is C21H25N3O2S. The standard InChI is InChI=1S/C21H25N3O2S/c1-12-18-16(9-10-17-19(18)23-13(2)27-17)26-20(12)21(25)22-11-14-5-7-15(8-6-14)24(3)4/h5-8,17,19H,9-11H2,1-4H3,(H,22,25)/t17-,19-/m0/s1. The maximum atomic E-state index is 12.7. The lowest BCUT2D eigenvalue weighted by Gasteiger charge is -2.22. The Balaban J connectivity index is 1.49. The Bertz CT molecular complexity index is 899. The average molecular weight is 384 g/mol. The number of hydrogen-bond acceptors (Lipinski definition) is 5. The molecule has 0 spiro atoms. The molecular weight excluding hydrogens is 358 g/mol. The summed E-state index contributed by atoms with van der Waals surface area (Å²) in [6, 6.07) is 8.32. The molecule has 0 saturated heterocycles. The van der Waals surface area contributed by atoms with Crippen molar-refractivity contribution in [3.63, 3.8) is 0 Å². The quantitative estimate of drug-likeness (QED) is 0.863. The van der Waals surface area contributed by atoms with Gasteiger partial charge in [0.25, 0.3) is 5.91 Å². The molecule has 1 aromatic heterocycles. The van der Waals surface area contributed by atoms with Gasteiger partial charge in [-0.1, -0.05) is 12.1 Å². The van der Waals surface area contributed by atoms with Gasteiger partial charge in [0, 0.05) is 49.1 Å². The van der Waals surface area contributed by atoms with Gasteiger partial charge in [-0.15, -0.1) is 11.8 Å². The van der Waals surface area contributed by atoms with Gasteiger partial charge in [-0.2, -0.15) is 0 Å². The second-order valence-electron chi connectivity index (χ2n) is 7.42. The minimum Gasteiger partial charge on any atom is -0.455 e. The van der Waals surface area contributed by atoms with Gasteiger partial charge in [-0.05, 0) is 38.0 Å². The van der Waals surface area contributed by atoms with E-state index < -0.39 is 0 Å². The zero-order valence-corrected chi connectivity index (χ0v) is 17.0. The fourth-order valence-electron chi connectivity index (χ4n) is 3.88. The largest absolute Gasteiger partial charge is 0.455 e. The predicted molar refractivity (Wildman–Crippen MR) is 111 cm³/mol. The molecule has 0 fully saturated rings. The molecule has 1 aliphatic carbocycles. The van der Waals surface area contributed by atoms with E-state index in [-0.39, 0.29) is 11.9 Å². The van der Waals surface area contributed by atoms with Crippen LogP contribution in [0.25, 0.3) is 0 Å². The first-order valence-corrected chi connectivity index (χ1v) is 10.2. The molecule has 0 bridgehead atoms. The van der Waals surface area contributed by atoms with Crippen LogP contribution in [-0.4, -0.2) is 30.3 Å². The van der Waals surface area contributed by atoms with Crippen LogP contribution in [0.4, 0.5) is 5.69 Å². The fourth-order valence-corrected chi connectivity index (χ4v) is 5.06. The molecule has 2 aromatic rings. The Hall–Kier alpha value is -2.21. The number of aryl methyl sites for hydroxylation is 1. The number of nitrogens with zero attached hydrogens (tertiary/aromatic N) is 2. The van der Waals surface area contributed by atoms with Crippen LogP contribution in [0.3, 0.4) is 0 Å². The maximum Gasteiger partial charge on any atom is 0.287 e. The molecule has 27 heavy (non-hydrogen) atoms. The summed E-state index contributed by atoms with van der Waals surface area (Å²) in [4.78, 5) is 19.6. The molecule has 1 amide bonds. The number of rotatable bonds is 4. The van der Waals surface area contributed by atoms with Crippen molar-refractivity contribution in [2.24, 2.45) is 4.99 Å². The second-order valence-corrected chi connectivity index (χ2v) is 8.86. The van der Waals surface area contributed by atoms with Crippen molar-refractivity contribution < 1.29 is 9.21 Å². The van der Waals surface area contributed by atoms with Crippen molar-refractivity contribution in [1.29, 1.82) is 0 Å². The number of aliphatic imine (C=N–C) groups is 1. The summed E-state index contributed by atoms with van der Waals surface area (Å²) >= 11 is 1.85. The van der Waals surface area contributed by atoms with E-state index in [1.807, 2.05) is 44.9 Å². The van der Waals surface area contributed by atoms with E-state index in [1.54, 1.807) is 0 Å². The lowest BCUT2D eigenvalue weighted by Crippen LogP contribution is -2.23. The number of hydrogen-bond donors (Lipinski definition) is 1. The van der Waals surface area contributed by atoms with Crippen LogP contribution in [-0.2, 0) is 13.0 Å². The molecule has 1 aromatic carbocycles. The summed E-state index contributed by atoms with van der Waals surface area (Å²) in [6.45, 7) is 4.53. The summed E-state index contributed by atoms with van der Waals surface area (Å²) in [5, 5.41) is 4.61. The summed E-state index contributed by atoms with van der Waals surface area (Å²) in [5.74, 6) is 1.23. The van der Waals surface area contributed by atoms with Crippen molar-refractivity contribution in [2.45, 2.75) is 44.5 Å². The van der Waals surface area contributed by atoms with E-state index >= 15 is 0 Å². The fraction of sp³-hybridized carbons (Fsp3) is 0.429. The topological polar surface area (TPSA) is 57.8 Å². The second kappa shape index (κ2) is 7.08. The number of carbonyl (C=O) groups is 1. The maximum absolute atomic E-state index is 12.7. The Morgan fingerprint density at radius 3 is 2.74 bits per heavy atom. The number of thioether (sulfide) groups is 1. The van der Waals surface area contributed by atoms with E-state index in [1.165, 1.54) is 0 Å². The Morgan fingerprint density at radius 2 is 2.04 bits per heavy atom. The monoisotopic (exact) mass is 383 g/mol. The average Bonchev–Trinajstić information content (AvgIpc) is 3.19. The molecule has 2 atom stereocenters. The number of amides is 1. The predicted octanol–water partition coefficient (Wildman–Crippen LogP) is 4.11.